The number of nitrogens with zero attached hydrogens (tertiary/aromatic N) is 3. The molecule has 0 amide bonds. The van der Waals surface area contributed by atoms with Gasteiger partial charge in [0.05, 0.1) is 30.3 Å². The third-order valence-electron chi connectivity index (χ3n) is 1.45. The lowest BCUT2D eigenvalue weighted by Gasteiger charge is -1.98. The van der Waals surface area contributed by atoms with Gasteiger partial charge in [-0.1, -0.05) is 11.6 Å². The number of aromatic nitrogens is 4. The number of rotatable bonds is 3. The van der Waals surface area contributed by atoms with Crippen LogP contribution in [0.25, 0.3) is 0 Å². The van der Waals surface area contributed by atoms with Gasteiger partial charge in [0.25, 0.3) is 0 Å². The van der Waals surface area contributed by atoms with Crippen molar-refractivity contribution in [1.82, 2.24) is 18.7 Å². The molecule has 2 aromatic rings. The van der Waals surface area contributed by atoms with E-state index in [2.05, 4.69) is 24.0 Å². The van der Waals surface area contributed by atoms with Crippen molar-refractivity contribution in [2.75, 3.05) is 5.32 Å². The molecular formula is C6H6ClN5S. The van der Waals surface area contributed by atoms with Gasteiger partial charge >= 0.3 is 0 Å². The number of H-pyrrole nitrogens is 1. The molecule has 0 radical (unpaired) electrons. The van der Waals surface area contributed by atoms with Crippen LogP contribution in [0.1, 0.15) is 5.69 Å². The Kier molecular flexibility index (Phi) is 2.42. The first-order valence-corrected chi connectivity index (χ1v) is 4.66. The second-order valence-corrected chi connectivity index (χ2v) is 3.22. The van der Waals surface area contributed by atoms with E-state index in [0.717, 1.165) is 17.4 Å². The van der Waals surface area contributed by atoms with Crippen molar-refractivity contribution < 1.29 is 0 Å². The first kappa shape index (κ1) is 8.46. The summed E-state index contributed by atoms with van der Waals surface area (Å²) >= 11 is 6.81. The summed E-state index contributed by atoms with van der Waals surface area (Å²) in [4.78, 5) is 6.84. The van der Waals surface area contributed by atoms with Crippen LogP contribution in [0.2, 0.25) is 5.15 Å². The molecule has 0 aromatic carbocycles. The first-order chi connectivity index (χ1) is 6.36. The summed E-state index contributed by atoms with van der Waals surface area (Å²) in [6.45, 7) is 0.616. The number of nitrogens with one attached hydrogen (secondary N) is 2. The summed E-state index contributed by atoms with van der Waals surface area (Å²) < 4.78 is 7.79. The maximum atomic E-state index is 5.73. The number of imidazole rings is 1. The molecule has 0 saturated carbocycles. The Morgan fingerprint density at radius 3 is 3.08 bits per heavy atom. The van der Waals surface area contributed by atoms with Crippen molar-refractivity contribution in [2.45, 2.75) is 6.54 Å². The molecule has 2 heterocycles. The van der Waals surface area contributed by atoms with Crippen molar-refractivity contribution in [2.24, 2.45) is 0 Å². The standard InChI is InChI=1S/C6H6ClN5S/c7-5-6(12-13-11-5)9-2-4-1-8-3-10-4/h1,3H,2H2,(H,8,10)(H,9,12). The largest absolute Gasteiger partial charge is 0.361 e. The normalized spacial score (nSPS) is 10.2. The molecule has 0 spiro atoms. The molecule has 0 fully saturated rings. The van der Waals surface area contributed by atoms with E-state index in [1.165, 1.54) is 0 Å². The van der Waals surface area contributed by atoms with Crippen LogP contribution < -0.4 is 5.32 Å². The minimum atomic E-state index is 0.407. The second-order valence-electron chi connectivity index (χ2n) is 2.33. The van der Waals surface area contributed by atoms with Crippen LogP contribution >= 0.6 is 23.3 Å². The molecule has 0 saturated heterocycles. The number of anilines is 1. The Balaban J connectivity index is 1.97. The molecule has 13 heavy (non-hydrogen) atoms. The van der Waals surface area contributed by atoms with E-state index < -0.39 is 0 Å². The number of aromatic amines is 1. The molecule has 0 aliphatic rings. The average Bonchev–Trinajstić information content (AvgIpc) is 2.72. The van der Waals surface area contributed by atoms with E-state index in [9.17, 15) is 0 Å². The fraction of sp³-hybridized carbons (Fsp3) is 0.167. The zero-order valence-electron chi connectivity index (χ0n) is 6.49. The molecular weight excluding hydrogens is 210 g/mol. The number of hydrogen-bond donors (Lipinski definition) is 2. The van der Waals surface area contributed by atoms with E-state index >= 15 is 0 Å². The summed E-state index contributed by atoms with van der Waals surface area (Å²) in [6, 6.07) is 0. The van der Waals surface area contributed by atoms with Gasteiger partial charge in [0.1, 0.15) is 0 Å². The van der Waals surface area contributed by atoms with Gasteiger partial charge < -0.3 is 10.3 Å². The molecule has 5 nitrogen and oxygen atoms in total. The lowest BCUT2D eigenvalue weighted by atomic mass is 10.5. The maximum absolute atomic E-state index is 5.73. The van der Waals surface area contributed by atoms with Crippen LogP contribution in [0.3, 0.4) is 0 Å². The number of halogens is 1. The third kappa shape index (κ3) is 1.96. The van der Waals surface area contributed by atoms with Crippen LogP contribution in [0.15, 0.2) is 12.5 Å². The van der Waals surface area contributed by atoms with Crippen LogP contribution in [0.4, 0.5) is 5.82 Å². The molecule has 2 N–H and O–H groups in total. The predicted octanol–water partition coefficient (Wildman–Crippen LogP) is 1.53. The Labute approximate surface area is 83.5 Å². The van der Waals surface area contributed by atoms with E-state index in [4.69, 9.17) is 11.6 Å². The van der Waals surface area contributed by atoms with Crippen LogP contribution in [0, 0.1) is 0 Å². The quantitative estimate of drug-likeness (QED) is 0.815. The smallest absolute Gasteiger partial charge is 0.186 e. The highest BCUT2D eigenvalue weighted by atomic mass is 35.5. The Morgan fingerprint density at radius 2 is 2.46 bits per heavy atom. The van der Waals surface area contributed by atoms with Crippen molar-refractivity contribution in [3.8, 4) is 0 Å². The Bertz CT molecular complexity index is 370. The summed E-state index contributed by atoms with van der Waals surface area (Å²) in [6.07, 6.45) is 3.36. The predicted molar refractivity (Wildman–Crippen MR) is 50.8 cm³/mol. The monoisotopic (exact) mass is 215 g/mol. The highest BCUT2D eigenvalue weighted by Crippen LogP contribution is 2.17. The molecule has 7 heteroatoms. The van der Waals surface area contributed by atoms with Crippen molar-refractivity contribution in [3.05, 3.63) is 23.4 Å². The lowest BCUT2D eigenvalue weighted by molar-refractivity contribution is 1.06. The van der Waals surface area contributed by atoms with E-state index in [1.807, 2.05) is 0 Å². The fourth-order valence-corrected chi connectivity index (χ4v) is 1.53. The van der Waals surface area contributed by atoms with Gasteiger partial charge in [-0.05, 0) is 0 Å². The lowest BCUT2D eigenvalue weighted by Crippen LogP contribution is -1.99. The summed E-state index contributed by atoms with van der Waals surface area (Å²) in [5.41, 5.74) is 0.976. The molecule has 0 aliphatic carbocycles. The summed E-state index contributed by atoms with van der Waals surface area (Å²) in [7, 11) is 0. The SMILES string of the molecule is Clc1nsnc1NCc1cnc[nH]1. The molecule has 0 aliphatic heterocycles. The number of hydrogen-bond acceptors (Lipinski definition) is 5. The van der Waals surface area contributed by atoms with E-state index in [0.29, 0.717) is 17.5 Å². The molecule has 0 atom stereocenters. The van der Waals surface area contributed by atoms with Gasteiger partial charge in [-0.2, -0.15) is 8.75 Å². The highest BCUT2D eigenvalue weighted by Gasteiger charge is 2.03. The van der Waals surface area contributed by atoms with Gasteiger partial charge in [0.2, 0.25) is 0 Å². The Hall–Kier alpha value is -1.14. The van der Waals surface area contributed by atoms with Crippen molar-refractivity contribution in [1.29, 1.82) is 0 Å². The van der Waals surface area contributed by atoms with Gasteiger partial charge in [-0.3, -0.25) is 0 Å². The average molecular weight is 216 g/mol. The Morgan fingerprint density at radius 1 is 1.54 bits per heavy atom. The third-order valence-corrected chi connectivity index (χ3v) is 2.34. The topological polar surface area (TPSA) is 66.5 Å². The highest BCUT2D eigenvalue weighted by molar-refractivity contribution is 6.99. The second kappa shape index (κ2) is 3.71. The minimum absolute atomic E-state index is 0.407. The van der Waals surface area contributed by atoms with Crippen LogP contribution in [-0.2, 0) is 6.54 Å². The molecule has 2 aromatic heterocycles. The van der Waals surface area contributed by atoms with Crippen molar-refractivity contribution >= 4 is 29.1 Å². The summed E-state index contributed by atoms with van der Waals surface area (Å²) in [5.74, 6) is 0.612. The van der Waals surface area contributed by atoms with Gasteiger partial charge in [-0.25, -0.2) is 4.98 Å². The first-order valence-electron chi connectivity index (χ1n) is 3.55. The molecule has 68 valence electrons. The molecule has 0 bridgehead atoms. The minimum Gasteiger partial charge on any atom is -0.361 e. The van der Waals surface area contributed by atoms with Crippen LogP contribution in [-0.4, -0.2) is 18.7 Å². The molecule has 2 rings (SSSR count). The van der Waals surface area contributed by atoms with E-state index in [-0.39, 0.29) is 0 Å². The zero-order chi connectivity index (χ0) is 9.10. The zero-order valence-corrected chi connectivity index (χ0v) is 8.06. The molecule has 0 unspecified atom stereocenters. The maximum Gasteiger partial charge on any atom is 0.186 e. The summed E-state index contributed by atoms with van der Waals surface area (Å²) in [5, 5.41) is 3.44. The van der Waals surface area contributed by atoms with Gasteiger partial charge in [-0.15, -0.1) is 0 Å². The van der Waals surface area contributed by atoms with Crippen molar-refractivity contribution in [3.63, 3.8) is 0 Å². The van der Waals surface area contributed by atoms with Gasteiger partial charge in [0, 0.05) is 6.20 Å². The van der Waals surface area contributed by atoms with E-state index in [1.54, 1.807) is 12.5 Å². The van der Waals surface area contributed by atoms with Gasteiger partial charge in [0.15, 0.2) is 11.0 Å². The van der Waals surface area contributed by atoms with Crippen LogP contribution in [0.5, 0.6) is 0 Å². The fourth-order valence-electron chi connectivity index (χ4n) is 0.843.